The van der Waals surface area contributed by atoms with E-state index in [1.807, 2.05) is 26.0 Å². The zero-order chi connectivity index (χ0) is 17.0. The van der Waals surface area contributed by atoms with Crippen LogP contribution in [0.3, 0.4) is 0 Å². The van der Waals surface area contributed by atoms with Gasteiger partial charge in [0.05, 0.1) is 6.10 Å². The van der Waals surface area contributed by atoms with Crippen LogP contribution >= 0.6 is 0 Å². The Morgan fingerprint density at radius 3 is 2.59 bits per heavy atom. The Balaban J connectivity index is 4.18. The van der Waals surface area contributed by atoms with Crippen LogP contribution in [0.15, 0.2) is 37.0 Å². The van der Waals surface area contributed by atoms with Crippen LogP contribution in [-0.4, -0.2) is 36.9 Å². The van der Waals surface area contributed by atoms with Gasteiger partial charge in [0.15, 0.2) is 0 Å². The second kappa shape index (κ2) is 12.2. The van der Waals surface area contributed by atoms with Gasteiger partial charge in [0.1, 0.15) is 6.10 Å². The van der Waals surface area contributed by atoms with Crippen molar-refractivity contribution >= 4 is 5.91 Å². The summed E-state index contributed by atoms with van der Waals surface area (Å²) in [5, 5.41) is 13.0. The van der Waals surface area contributed by atoms with Crippen molar-refractivity contribution < 1.29 is 14.6 Å². The Hall–Kier alpha value is -1.39. The maximum absolute atomic E-state index is 11.7. The molecule has 0 radical (unpaired) electrons. The van der Waals surface area contributed by atoms with Gasteiger partial charge in [-0.1, -0.05) is 30.7 Å². The summed E-state index contributed by atoms with van der Waals surface area (Å²) in [5.74, 6) is -0.0154. The molecule has 0 aromatic rings. The van der Waals surface area contributed by atoms with Gasteiger partial charge in [-0.2, -0.15) is 0 Å². The molecule has 4 heteroatoms. The fourth-order valence-corrected chi connectivity index (χ4v) is 2.18. The second-order valence-electron chi connectivity index (χ2n) is 5.61. The van der Waals surface area contributed by atoms with Gasteiger partial charge in [-0.3, -0.25) is 4.79 Å². The Labute approximate surface area is 134 Å². The van der Waals surface area contributed by atoms with Crippen LogP contribution in [-0.2, 0) is 9.53 Å². The number of amides is 1. The number of allylic oxidation sites excluding steroid dienone is 1. The summed E-state index contributed by atoms with van der Waals surface area (Å²) in [6, 6.07) is 0. The molecule has 0 saturated carbocycles. The second-order valence-corrected chi connectivity index (χ2v) is 5.61. The average molecular weight is 309 g/mol. The molecule has 2 N–H and O–H groups in total. The number of nitrogens with one attached hydrogen (secondary N) is 1. The van der Waals surface area contributed by atoms with Crippen LogP contribution in [0.2, 0.25) is 0 Å². The third-order valence-electron chi connectivity index (χ3n) is 3.55. The van der Waals surface area contributed by atoms with E-state index >= 15 is 0 Å². The number of methoxy groups -OCH3 is 1. The molecule has 0 bridgehead atoms. The van der Waals surface area contributed by atoms with Gasteiger partial charge < -0.3 is 15.2 Å². The molecule has 126 valence electrons. The van der Waals surface area contributed by atoms with Crippen LogP contribution in [0.4, 0.5) is 0 Å². The maximum atomic E-state index is 11.7. The van der Waals surface area contributed by atoms with Crippen molar-refractivity contribution in [3.05, 3.63) is 37.0 Å². The van der Waals surface area contributed by atoms with Crippen LogP contribution < -0.4 is 5.32 Å². The van der Waals surface area contributed by atoms with Gasteiger partial charge in [0, 0.05) is 26.0 Å². The molecule has 0 aromatic heterocycles. The third-order valence-corrected chi connectivity index (χ3v) is 3.55. The molecule has 0 fully saturated rings. The first-order chi connectivity index (χ1) is 10.5. The zero-order valence-electron chi connectivity index (χ0n) is 14.2. The summed E-state index contributed by atoms with van der Waals surface area (Å²) in [5.41, 5.74) is 1.02. The number of ether oxygens (including phenoxy) is 1. The summed E-state index contributed by atoms with van der Waals surface area (Å²) < 4.78 is 5.15. The molecule has 4 nitrogen and oxygen atoms in total. The van der Waals surface area contributed by atoms with Gasteiger partial charge >= 0.3 is 0 Å². The number of aliphatic hydroxyl groups is 1. The van der Waals surface area contributed by atoms with Gasteiger partial charge in [0.2, 0.25) is 5.91 Å². The first-order valence-corrected chi connectivity index (χ1v) is 7.84. The molecule has 0 rings (SSSR count). The molecule has 0 aromatic carbocycles. The lowest BCUT2D eigenvalue weighted by Crippen LogP contribution is -2.32. The minimum absolute atomic E-state index is 0.0610. The van der Waals surface area contributed by atoms with E-state index in [0.29, 0.717) is 13.0 Å². The van der Waals surface area contributed by atoms with Gasteiger partial charge in [-0.15, -0.1) is 13.2 Å². The molecule has 0 aliphatic heterocycles. The van der Waals surface area contributed by atoms with Crippen LogP contribution in [0.5, 0.6) is 0 Å². The normalized spacial score (nSPS) is 15.7. The minimum Gasteiger partial charge on any atom is -0.389 e. The third kappa shape index (κ3) is 8.80. The van der Waals surface area contributed by atoms with Crippen molar-refractivity contribution in [2.45, 2.75) is 51.7 Å². The van der Waals surface area contributed by atoms with Crippen LogP contribution in [0.1, 0.15) is 39.5 Å². The molecule has 0 aliphatic rings. The van der Waals surface area contributed by atoms with Crippen molar-refractivity contribution in [1.29, 1.82) is 0 Å². The summed E-state index contributed by atoms with van der Waals surface area (Å²) in [4.78, 5) is 11.7. The Kier molecular flexibility index (Phi) is 11.4. The first kappa shape index (κ1) is 20.6. The summed E-state index contributed by atoms with van der Waals surface area (Å²) in [6.45, 7) is 11.7. The van der Waals surface area contributed by atoms with E-state index in [-0.39, 0.29) is 11.8 Å². The van der Waals surface area contributed by atoms with Crippen molar-refractivity contribution in [2.24, 2.45) is 5.92 Å². The SMILES string of the molecule is C=CCCCCC(=O)NC/C(C)=C\[C@@H](C)[C@H](O)C(C=C)OC. The largest absolute Gasteiger partial charge is 0.389 e. The van der Waals surface area contributed by atoms with E-state index in [0.717, 1.165) is 24.8 Å². The van der Waals surface area contributed by atoms with E-state index in [1.54, 1.807) is 13.2 Å². The molecule has 22 heavy (non-hydrogen) atoms. The van der Waals surface area contributed by atoms with E-state index in [1.165, 1.54) is 0 Å². The number of hydrogen-bond acceptors (Lipinski definition) is 3. The quantitative estimate of drug-likeness (QED) is 0.430. The zero-order valence-corrected chi connectivity index (χ0v) is 14.2. The number of unbranched alkanes of at least 4 members (excludes halogenated alkanes) is 2. The number of carbonyl (C=O) groups is 1. The van der Waals surface area contributed by atoms with E-state index in [2.05, 4.69) is 18.5 Å². The lowest BCUT2D eigenvalue weighted by atomic mass is 9.97. The Morgan fingerprint density at radius 1 is 1.36 bits per heavy atom. The fourth-order valence-electron chi connectivity index (χ4n) is 2.18. The molecular formula is C18H31NO3. The molecular weight excluding hydrogens is 278 g/mol. The molecule has 0 aliphatic carbocycles. The predicted octanol–water partition coefficient (Wildman–Crippen LogP) is 2.99. The number of hydrogen-bond donors (Lipinski definition) is 2. The number of rotatable bonds is 12. The molecule has 3 atom stereocenters. The van der Waals surface area contributed by atoms with E-state index in [9.17, 15) is 9.90 Å². The van der Waals surface area contributed by atoms with Crippen LogP contribution in [0, 0.1) is 5.92 Å². The van der Waals surface area contributed by atoms with Crippen LogP contribution in [0.25, 0.3) is 0 Å². The smallest absolute Gasteiger partial charge is 0.220 e. The Morgan fingerprint density at radius 2 is 2.05 bits per heavy atom. The highest BCUT2D eigenvalue weighted by molar-refractivity contribution is 5.76. The van der Waals surface area contributed by atoms with E-state index < -0.39 is 12.2 Å². The van der Waals surface area contributed by atoms with Crippen molar-refractivity contribution in [2.75, 3.05) is 13.7 Å². The molecule has 1 amide bonds. The lowest BCUT2D eigenvalue weighted by molar-refractivity contribution is -0.121. The van der Waals surface area contributed by atoms with Gasteiger partial charge in [0.25, 0.3) is 0 Å². The lowest BCUT2D eigenvalue weighted by Gasteiger charge is -2.22. The first-order valence-electron chi connectivity index (χ1n) is 7.84. The summed E-state index contributed by atoms with van der Waals surface area (Å²) >= 11 is 0. The van der Waals surface area contributed by atoms with Crippen molar-refractivity contribution in [3.8, 4) is 0 Å². The topological polar surface area (TPSA) is 58.6 Å². The molecule has 0 heterocycles. The number of aliphatic hydroxyl groups excluding tert-OH is 1. The highest BCUT2D eigenvalue weighted by atomic mass is 16.5. The van der Waals surface area contributed by atoms with Gasteiger partial charge in [-0.05, 0) is 26.2 Å². The highest BCUT2D eigenvalue weighted by Crippen LogP contribution is 2.14. The minimum atomic E-state index is -0.646. The summed E-state index contributed by atoms with van der Waals surface area (Å²) in [7, 11) is 1.55. The number of carbonyl (C=O) groups excluding carboxylic acids is 1. The van der Waals surface area contributed by atoms with Crippen molar-refractivity contribution in [1.82, 2.24) is 5.32 Å². The Bertz CT molecular complexity index is 377. The highest BCUT2D eigenvalue weighted by Gasteiger charge is 2.20. The fraction of sp³-hybridized carbons (Fsp3) is 0.611. The predicted molar refractivity (Wildman–Crippen MR) is 91.6 cm³/mol. The van der Waals surface area contributed by atoms with Crippen molar-refractivity contribution in [3.63, 3.8) is 0 Å². The van der Waals surface area contributed by atoms with Gasteiger partial charge in [-0.25, -0.2) is 0 Å². The molecule has 1 unspecified atom stereocenters. The molecule has 0 spiro atoms. The van der Waals surface area contributed by atoms with E-state index in [4.69, 9.17) is 4.74 Å². The maximum Gasteiger partial charge on any atom is 0.220 e. The summed E-state index contributed by atoms with van der Waals surface area (Å²) in [6.07, 6.45) is 7.75. The molecule has 0 saturated heterocycles. The monoisotopic (exact) mass is 309 g/mol. The standard InChI is InChI=1S/C18H31NO3/c1-6-8-9-10-11-17(20)19-13-14(3)12-15(4)18(21)16(7-2)22-5/h6-7,12,15-16,18,21H,1-2,8-11,13H2,3-5H3,(H,19,20)/b14-12-/t15-,16?,18+/m1/s1. The average Bonchev–Trinajstić information content (AvgIpc) is 2.50.